The summed E-state index contributed by atoms with van der Waals surface area (Å²) >= 11 is 0. The number of amides is 1. The van der Waals surface area contributed by atoms with Crippen molar-refractivity contribution in [2.24, 2.45) is 0 Å². The molecule has 0 saturated carbocycles. The molecule has 0 aliphatic rings. The monoisotopic (exact) mass is 372 g/mol. The highest BCUT2D eigenvalue weighted by molar-refractivity contribution is 5.75. The molecule has 1 N–H and O–H groups in total. The van der Waals surface area contributed by atoms with Crippen LogP contribution in [0.25, 0.3) is 0 Å². The Morgan fingerprint density at radius 1 is 1.26 bits per heavy atom. The van der Waals surface area contributed by atoms with E-state index in [1.54, 1.807) is 11.9 Å². The quantitative estimate of drug-likeness (QED) is 0.413. The van der Waals surface area contributed by atoms with Crippen molar-refractivity contribution in [1.82, 2.24) is 4.90 Å². The van der Waals surface area contributed by atoms with Gasteiger partial charge in [-0.2, -0.15) is 0 Å². The zero-order valence-electron chi connectivity index (χ0n) is 15.5. The Bertz CT molecular complexity index is 777. The van der Waals surface area contributed by atoms with Gasteiger partial charge in [-0.15, -0.1) is 0 Å². The maximum absolute atomic E-state index is 12.2. The van der Waals surface area contributed by atoms with Crippen molar-refractivity contribution < 1.29 is 19.6 Å². The number of nitro groups is 1. The lowest BCUT2D eigenvalue weighted by molar-refractivity contribution is -0.386. The molecule has 2 aromatic rings. The van der Waals surface area contributed by atoms with Crippen LogP contribution >= 0.6 is 0 Å². The average molecular weight is 372 g/mol. The molecule has 0 radical (unpaired) electrons. The Balaban J connectivity index is 1.81. The number of rotatable bonds is 9. The number of aliphatic hydroxyl groups is 1. The maximum atomic E-state index is 12.2. The van der Waals surface area contributed by atoms with Crippen LogP contribution in [0.3, 0.4) is 0 Å². The molecule has 144 valence electrons. The molecule has 0 saturated heterocycles. The van der Waals surface area contributed by atoms with Gasteiger partial charge in [-0.1, -0.05) is 30.3 Å². The van der Waals surface area contributed by atoms with Gasteiger partial charge in [0.25, 0.3) is 5.69 Å². The number of hydrogen-bond acceptors (Lipinski definition) is 5. The van der Waals surface area contributed by atoms with Crippen molar-refractivity contribution in [1.29, 1.82) is 0 Å². The Morgan fingerprint density at radius 3 is 2.59 bits per heavy atom. The van der Waals surface area contributed by atoms with Crippen molar-refractivity contribution in [2.45, 2.75) is 32.4 Å². The van der Waals surface area contributed by atoms with Crippen molar-refractivity contribution >= 4 is 11.6 Å². The summed E-state index contributed by atoms with van der Waals surface area (Å²) in [6.45, 7) is 2.33. The number of nitrogens with zero attached hydrogens (tertiary/aromatic N) is 2. The lowest BCUT2D eigenvalue weighted by Gasteiger charge is -2.17. The largest absolute Gasteiger partial charge is 0.494 e. The fourth-order valence-electron chi connectivity index (χ4n) is 2.67. The van der Waals surface area contributed by atoms with E-state index in [1.807, 2.05) is 30.3 Å². The van der Waals surface area contributed by atoms with Crippen LogP contribution in [0.2, 0.25) is 0 Å². The molecule has 0 fully saturated rings. The minimum atomic E-state index is -0.970. The third-order valence-corrected chi connectivity index (χ3v) is 4.14. The van der Waals surface area contributed by atoms with E-state index in [4.69, 9.17) is 4.74 Å². The van der Waals surface area contributed by atoms with E-state index in [-0.39, 0.29) is 17.2 Å². The number of aliphatic hydroxyl groups excluding tert-OH is 1. The fourth-order valence-corrected chi connectivity index (χ4v) is 2.67. The molecule has 27 heavy (non-hydrogen) atoms. The molecule has 7 heteroatoms. The molecular weight excluding hydrogens is 348 g/mol. The Labute approximate surface area is 158 Å². The van der Waals surface area contributed by atoms with Gasteiger partial charge in [0, 0.05) is 26.1 Å². The van der Waals surface area contributed by atoms with Crippen LogP contribution in [0, 0.1) is 10.1 Å². The number of hydrogen-bond donors (Lipinski definition) is 1. The predicted octanol–water partition coefficient (Wildman–Crippen LogP) is 3.47. The molecule has 7 nitrogen and oxygen atoms in total. The minimum Gasteiger partial charge on any atom is -0.494 e. The number of carbonyl (C=O) groups is 1. The second kappa shape index (κ2) is 9.68. The van der Waals surface area contributed by atoms with E-state index in [2.05, 4.69) is 0 Å². The zero-order valence-corrected chi connectivity index (χ0v) is 15.5. The Kier molecular flexibility index (Phi) is 7.31. The second-order valence-corrected chi connectivity index (χ2v) is 6.34. The zero-order chi connectivity index (χ0) is 19.8. The SMILES string of the molecule is CC(O)c1cc(OCCCC(=O)N(C)Cc2ccccc2)ccc1[N+](=O)[O-]. The molecular formula is C20H24N2O5. The lowest BCUT2D eigenvalue weighted by Crippen LogP contribution is -2.26. The van der Waals surface area contributed by atoms with E-state index >= 15 is 0 Å². The van der Waals surface area contributed by atoms with Gasteiger partial charge < -0.3 is 14.7 Å². The van der Waals surface area contributed by atoms with Crippen LogP contribution < -0.4 is 4.74 Å². The summed E-state index contributed by atoms with van der Waals surface area (Å²) in [5, 5.41) is 20.7. The van der Waals surface area contributed by atoms with Gasteiger partial charge in [0.2, 0.25) is 5.91 Å². The van der Waals surface area contributed by atoms with Crippen molar-refractivity contribution in [3.05, 3.63) is 69.8 Å². The first-order valence-electron chi connectivity index (χ1n) is 8.75. The van der Waals surface area contributed by atoms with E-state index < -0.39 is 11.0 Å². The van der Waals surface area contributed by atoms with Crippen molar-refractivity contribution in [3.8, 4) is 5.75 Å². The standard InChI is InChI=1S/C20H24N2O5/c1-15(23)18-13-17(10-11-19(18)22(25)26)27-12-6-9-20(24)21(2)14-16-7-4-3-5-8-16/h3-5,7-8,10-11,13,15,23H,6,9,12,14H2,1-2H3. The van der Waals surface area contributed by atoms with Crippen LogP contribution in [0.4, 0.5) is 5.69 Å². The molecule has 0 heterocycles. The summed E-state index contributed by atoms with van der Waals surface area (Å²) in [5.41, 5.74) is 1.13. The van der Waals surface area contributed by atoms with Crippen LogP contribution in [0.5, 0.6) is 5.75 Å². The van der Waals surface area contributed by atoms with Gasteiger partial charge in [-0.25, -0.2) is 0 Å². The number of benzene rings is 2. The summed E-state index contributed by atoms with van der Waals surface area (Å²) < 4.78 is 5.58. The molecule has 2 rings (SSSR count). The smallest absolute Gasteiger partial charge is 0.275 e. The van der Waals surface area contributed by atoms with E-state index in [0.717, 1.165) is 5.56 Å². The molecule has 0 aliphatic heterocycles. The van der Waals surface area contributed by atoms with Crippen molar-refractivity contribution in [3.63, 3.8) is 0 Å². The lowest BCUT2D eigenvalue weighted by atomic mass is 10.1. The minimum absolute atomic E-state index is 0.0239. The molecule has 2 aromatic carbocycles. The van der Waals surface area contributed by atoms with Gasteiger partial charge in [-0.05, 0) is 31.0 Å². The van der Waals surface area contributed by atoms with Gasteiger partial charge in [0.1, 0.15) is 5.75 Å². The highest BCUT2D eigenvalue weighted by atomic mass is 16.6. The fraction of sp³-hybridized carbons (Fsp3) is 0.350. The van der Waals surface area contributed by atoms with Gasteiger partial charge in [0.15, 0.2) is 0 Å². The molecule has 0 aromatic heterocycles. The highest BCUT2D eigenvalue weighted by Crippen LogP contribution is 2.29. The van der Waals surface area contributed by atoms with E-state index in [9.17, 15) is 20.0 Å². The average Bonchev–Trinajstić information content (AvgIpc) is 2.65. The number of carbonyl (C=O) groups excluding carboxylic acids is 1. The molecule has 1 atom stereocenters. The van der Waals surface area contributed by atoms with E-state index in [0.29, 0.717) is 31.7 Å². The third-order valence-electron chi connectivity index (χ3n) is 4.14. The summed E-state index contributed by atoms with van der Waals surface area (Å²) in [6, 6.07) is 14.0. The third kappa shape index (κ3) is 6.07. The normalized spacial score (nSPS) is 11.7. The van der Waals surface area contributed by atoms with Crippen LogP contribution in [0.1, 0.15) is 37.0 Å². The molecule has 0 spiro atoms. The topological polar surface area (TPSA) is 92.9 Å². The summed E-state index contributed by atoms with van der Waals surface area (Å²) in [5.74, 6) is 0.456. The summed E-state index contributed by atoms with van der Waals surface area (Å²) in [7, 11) is 1.77. The van der Waals surface area contributed by atoms with Gasteiger partial charge in [0.05, 0.1) is 23.2 Å². The molecule has 0 bridgehead atoms. The summed E-state index contributed by atoms with van der Waals surface area (Å²) in [4.78, 5) is 24.3. The molecule has 1 unspecified atom stereocenters. The predicted molar refractivity (Wildman–Crippen MR) is 101 cm³/mol. The highest BCUT2D eigenvalue weighted by Gasteiger charge is 2.18. The van der Waals surface area contributed by atoms with Gasteiger partial charge in [-0.3, -0.25) is 14.9 Å². The number of ether oxygens (including phenoxy) is 1. The van der Waals surface area contributed by atoms with Crippen molar-refractivity contribution in [2.75, 3.05) is 13.7 Å². The maximum Gasteiger partial charge on any atom is 0.275 e. The Morgan fingerprint density at radius 2 is 1.96 bits per heavy atom. The van der Waals surface area contributed by atoms with Crippen LogP contribution in [-0.2, 0) is 11.3 Å². The second-order valence-electron chi connectivity index (χ2n) is 6.34. The molecule has 0 aliphatic carbocycles. The number of nitro benzene ring substituents is 1. The van der Waals surface area contributed by atoms with Gasteiger partial charge >= 0.3 is 0 Å². The van der Waals surface area contributed by atoms with E-state index in [1.165, 1.54) is 25.1 Å². The first kappa shape index (κ1) is 20.4. The first-order valence-corrected chi connectivity index (χ1v) is 8.75. The summed E-state index contributed by atoms with van der Waals surface area (Å²) in [6.07, 6.45) is -0.0967. The van der Waals surface area contributed by atoms with Crippen LogP contribution in [-0.4, -0.2) is 34.5 Å². The Hall–Kier alpha value is -2.93. The van der Waals surface area contributed by atoms with Crippen LogP contribution in [0.15, 0.2) is 48.5 Å². The first-order chi connectivity index (χ1) is 12.9. The molecule has 1 amide bonds.